The van der Waals surface area contributed by atoms with Gasteiger partial charge in [0.05, 0.1) is 12.9 Å². The maximum atomic E-state index is 13.0. The van der Waals surface area contributed by atoms with Crippen molar-refractivity contribution in [3.63, 3.8) is 0 Å². The zero-order valence-electron chi connectivity index (χ0n) is 12.7. The Morgan fingerprint density at radius 3 is 1.78 bits per heavy atom. The van der Waals surface area contributed by atoms with Gasteiger partial charge < -0.3 is 0 Å². The summed E-state index contributed by atoms with van der Waals surface area (Å²) in [4.78, 5) is 0. The van der Waals surface area contributed by atoms with Crippen LogP contribution in [0.25, 0.3) is 0 Å². The summed E-state index contributed by atoms with van der Waals surface area (Å²) in [5.41, 5.74) is -0.609. The van der Waals surface area contributed by atoms with Crippen LogP contribution in [0.15, 0.2) is 0 Å². The first-order valence-corrected chi connectivity index (χ1v) is 8.18. The van der Waals surface area contributed by atoms with Crippen LogP contribution in [0.2, 0.25) is 0 Å². The van der Waals surface area contributed by atoms with E-state index in [-0.39, 0.29) is 11.3 Å². The lowest BCUT2D eigenvalue weighted by molar-refractivity contribution is 0.152. The number of rotatable bonds is 5. The molecule has 1 unspecified atom stereocenters. The molecule has 0 N–H and O–H groups in total. The Morgan fingerprint density at radius 2 is 1.56 bits per heavy atom. The highest BCUT2D eigenvalue weighted by molar-refractivity contribution is 7.88. The Kier molecular flexibility index (Phi) is 5.81. The highest BCUT2D eigenvalue weighted by Gasteiger charge is 2.32. The molecule has 0 radical (unpaired) electrons. The minimum absolute atomic E-state index is 0.121. The van der Waals surface area contributed by atoms with E-state index in [9.17, 15) is 12.8 Å². The maximum Gasteiger partial charge on any atom is 0.211 e. The van der Waals surface area contributed by atoms with E-state index in [0.29, 0.717) is 13.0 Å². The second kappa shape index (κ2) is 5.87. The summed E-state index contributed by atoms with van der Waals surface area (Å²) in [5, 5.41) is 0. The van der Waals surface area contributed by atoms with Crippen LogP contribution in [0.3, 0.4) is 0 Å². The summed E-state index contributed by atoms with van der Waals surface area (Å²) < 4.78 is 38.0. The molecule has 0 aliphatic rings. The third kappa shape index (κ3) is 5.65. The fourth-order valence-electron chi connectivity index (χ4n) is 2.01. The van der Waals surface area contributed by atoms with Crippen molar-refractivity contribution in [2.45, 2.75) is 53.5 Å². The minimum Gasteiger partial charge on any atom is -0.251 e. The standard InChI is InChI=1S/C13H28FNO2S/c1-12(2,3)11(10-14)8-9-15(13(4,5)6)18(7,16)17/h11H,8-10H2,1-7H3. The van der Waals surface area contributed by atoms with Gasteiger partial charge in [0.25, 0.3) is 0 Å². The molecular weight excluding hydrogens is 253 g/mol. The van der Waals surface area contributed by atoms with E-state index in [4.69, 9.17) is 0 Å². The molecular formula is C13H28FNO2S. The Hall–Kier alpha value is -0.160. The van der Waals surface area contributed by atoms with Crippen molar-refractivity contribution in [2.24, 2.45) is 11.3 Å². The molecule has 0 aromatic rings. The SMILES string of the molecule is CC(C)(C)C(CF)CCN(C(C)(C)C)S(C)(=O)=O. The molecule has 0 bridgehead atoms. The zero-order valence-corrected chi connectivity index (χ0v) is 13.6. The normalized spacial score (nSPS) is 16.1. The summed E-state index contributed by atoms with van der Waals surface area (Å²) >= 11 is 0. The van der Waals surface area contributed by atoms with E-state index in [0.717, 1.165) is 0 Å². The van der Waals surface area contributed by atoms with Gasteiger partial charge >= 0.3 is 0 Å². The monoisotopic (exact) mass is 281 g/mol. The highest BCUT2D eigenvalue weighted by Crippen LogP contribution is 2.30. The number of hydrogen-bond donors (Lipinski definition) is 0. The van der Waals surface area contributed by atoms with Crippen molar-refractivity contribution < 1.29 is 12.8 Å². The predicted octanol–water partition coefficient (Wildman–Crippen LogP) is 3.07. The van der Waals surface area contributed by atoms with Gasteiger partial charge in [-0.2, -0.15) is 4.31 Å². The molecule has 1 atom stereocenters. The van der Waals surface area contributed by atoms with Crippen LogP contribution in [-0.4, -0.2) is 37.7 Å². The summed E-state index contributed by atoms with van der Waals surface area (Å²) in [6.45, 7) is 11.5. The van der Waals surface area contributed by atoms with Gasteiger partial charge in [-0.1, -0.05) is 20.8 Å². The largest absolute Gasteiger partial charge is 0.251 e. The van der Waals surface area contributed by atoms with Crippen molar-refractivity contribution in [2.75, 3.05) is 19.5 Å². The van der Waals surface area contributed by atoms with Crippen LogP contribution in [0.4, 0.5) is 4.39 Å². The van der Waals surface area contributed by atoms with Gasteiger partial charge in [0.1, 0.15) is 0 Å². The Balaban J connectivity index is 4.85. The van der Waals surface area contributed by atoms with Crippen molar-refractivity contribution in [1.82, 2.24) is 4.31 Å². The zero-order chi connectivity index (χ0) is 14.8. The Labute approximate surface area is 112 Å². The van der Waals surface area contributed by atoms with Crippen LogP contribution in [0.1, 0.15) is 48.0 Å². The van der Waals surface area contributed by atoms with E-state index in [1.165, 1.54) is 10.6 Å². The van der Waals surface area contributed by atoms with Gasteiger partial charge in [0, 0.05) is 12.1 Å². The molecule has 0 heterocycles. The number of halogens is 1. The fourth-order valence-corrected chi connectivity index (χ4v) is 3.45. The highest BCUT2D eigenvalue weighted by atomic mass is 32.2. The number of alkyl halides is 1. The maximum absolute atomic E-state index is 13.0. The quantitative estimate of drug-likeness (QED) is 0.776. The first-order chi connectivity index (χ1) is 7.80. The second-order valence-corrected chi connectivity index (χ2v) is 8.92. The summed E-state index contributed by atoms with van der Waals surface area (Å²) in [5.74, 6) is -0.121. The number of sulfonamides is 1. The van der Waals surface area contributed by atoms with Crippen LogP contribution < -0.4 is 0 Å². The smallest absolute Gasteiger partial charge is 0.211 e. The first kappa shape index (κ1) is 17.8. The van der Waals surface area contributed by atoms with E-state index in [1.807, 2.05) is 41.5 Å². The van der Waals surface area contributed by atoms with E-state index in [1.54, 1.807) is 0 Å². The Bertz CT molecular complexity index is 352. The van der Waals surface area contributed by atoms with Crippen LogP contribution in [-0.2, 0) is 10.0 Å². The molecule has 0 spiro atoms. The lowest BCUT2D eigenvalue weighted by Crippen LogP contribution is -2.46. The van der Waals surface area contributed by atoms with Gasteiger partial charge in [-0.3, -0.25) is 4.39 Å². The molecule has 110 valence electrons. The van der Waals surface area contributed by atoms with Crippen molar-refractivity contribution in [3.8, 4) is 0 Å². The molecule has 0 aromatic carbocycles. The summed E-state index contributed by atoms with van der Waals surface area (Å²) in [7, 11) is -3.26. The fraction of sp³-hybridized carbons (Fsp3) is 1.00. The molecule has 0 aliphatic heterocycles. The van der Waals surface area contributed by atoms with E-state index < -0.39 is 22.2 Å². The summed E-state index contributed by atoms with van der Waals surface area (Å²) in [6.07, 6.45) is 1.75. The van der Waals surface area contributed by atoms with Gasteiger partial charge in [-0.05, 0) is 38.5 Å². The van der Waals surface area contributed by atoms with Gasteiger partial charge in [0.2, 0.25) is 10.0 Å². The van der Waals surface area contributed by atoms with Gasteiger partial charge in [-0.25, -0.2) is 8.42 Å². The van der Waals surface area contributed by atoms with Crippen LogP contribution in [0.5, 0.6) is 0 Å². The van der Waals surface area contributed by atoms with Crippen molar-refractivity contribution >= 4 is 10.0 Å². The summed E-state index contributed by atoms with van der Waals surface area (Å²) in [6, 6.07) is 0. The van der Waals surface area contributed by atoms with Gasteiger partial charge in [-0.15, -0.1) is 0 Å². The average Bonchev–Trinajstić information content (AvgIpc) is 2.05. The topological polar surface area (TPSA) is 37.4 Å². The third-order valence-corrected chi connectivity index (χ3v) is 4.77. The molecule has 0 aliphatic carbocycles. The molecule has 18 heavy (non-hydrogen) atoms. The van der Waals surface area contributed by atoms with Crippen molar-refractivity contribution in [1.29, 1.82) is 0 Å². The molecule has 0 amide bonds. The predicted molar refractivity (Wildman–Crippen MR) is 74.8 cm³/mol. The lowest BCUT2D eigenvalue weighted by atomic mass is 9.79. The average molecular weight is 281 g/mol. The Morgan fingerprint density at radius 1 is 1.11 bits per heavy atom. The second-order valence-electron chi connectivity index (χ2n) is 7.01. The number of hydrogen-bond acceptors (Lipinski definition) is 2. The molecule has 0 saturated heterocycles. The molecule has 0 fully saturated rings. The third-order valence-electron chi connectivity index (χ3n) is 3.24. The molecule has 3 nitrogen and oxygen atoms in total. The van der Waals surface area contributed by atoms with Gasteiger partial charge in [0.15, 0.2) is 0 Å². The molecule has 0 saturated carbocycles. The number of nitrogens with zero attached hydrogens (tertiary/aromatic N) is 1. The van der Waals surface area contributed by atoms with Crippen LogP contribution in [0, 0.1) is 11.3 Å². The first-order valence-electron chi connectivity index (χ1n) is 6.34. The molecule has 5 heteroatoms. The molecule has 0 aromatic heterocycles. The van der Waals surface area contributed by atoms with E-state index in [2.05, 4.69) is 0 Å². The van der Waals surface area contributed by atoms with Crippen LogP contribution >= 0.6 is 0 Å². The lowest BCUT2D eigenvalue weighted by Gasteiger charge is -2.36. The van der Waals surface area contributed by atoms with Crippen molar-refractivity contribution in [3.05, 3.63) is 0 Å². The van der Waals surface area contributed by atoms with E-state index >= 15 is 0 Å². The molecule has 0 rings (SSSR count). The minimum atomic E-state index is -3.26.